The summed E-state index contributed by atoms with van der Waals surface area (Å²) in [5.41, 5.74) is 11.7. The Labute approximate surface area is 280 Å². The van der Waals surface area contributed by atoms with E-state index in [-0.39, 0.29) is 0 Å². The van der Waals surface area contributed by atoms with E-state index in [0.29, 0.717) is 0 Å². The molecule has 2 nitrogen and oxygen atoms in total. The number of aromatic nitrogens is 1. The highest BCUT2D eigenvalue weighted by Gasteiger charge is 2.16. The second-order valence-corrected chi connectivity index (χ2v) is 12.2. The summed E-state index contributed by atoms with van der Waals surface area (Å²) in [7, 11) is 0. The van der Waals surface area contributed by atoms with Gasteiger partial charge in [0.15, 0.2) is 0 Å². The molecule has 2 heteroatoms. The van der Waals surface area contributed by atoms with Gasteiger partial charge in [-0.1, -0.05) is 133 Å². The van der Waals surface area contributed by atoms with Crippen LogP contribution in [0.2, 0.25) is 0 Å². The molecule has 0 aliphatic rings. The zero-order valence-corrected chi connectivity index (χ0v) is 26.4. The summed E-state index contributed by atoms with van der Waals surface area (Å²) in [6.45, 7) is 0. The van der Waals surface area contributed by atoms with Gasteiger partial charge in [-0.3, -0.25) is 0 Å². The molecule has 0 unspecified atom stereocenters. The molecule has 0 radical (unpaired) electrons. The minimum absolute atomic E-state index is 1.10. The van der Waals surface area contributed by atoms with E-state index in [0.717, 1.165) is 22.7 Å². The number of fused-ring (bicyclic) bond motifs is 4. The van der Waals surface area contributed by atoms with Crippen LogP contribution in [-0.4, -0.2) is 4.57 Å². The average Bonchev–Trinajstić information content (AvgIpc) is 3.50. The third kappa shape index (κ3) is 4.83. The fourth-order valence-electron chi connectivity index (χ4n) is 7.12. The van der Waals surface area contributed by atoms with Crippen molar-refractivity contribution >= 4 is 49.6 Å². The third-order valence-electron chi connectivity index (χ3n) is 9.38. The number of hydrogen-bond donors (Lipinski definition) is 0. The number of nitrogens with zero attached hydrogens (tertiary/aromatic N) is 2. The van der Waals surface area contributed by atoms with Crippen LogP contribution in [0.3, 0.4) is 0 Å². The summed E-state index contributed by atoms with van der Waals surface area (Å²) >= 11 is 0. The minimum Gasteiger partial charge on any atom is -0.310 e. The fraction of sp³-hybridized carbons (Fsp3) is 0. The van der Waals surface area contributed by atoms with E-state index in [1.807, 2.05) is 0 Å². The fourth-order valence-corrected chi connectivity index (χ4v) is 7.12. The van der Waals surface area contributed by atoms with Gasteiger partial charge >= 0.3 is 0 Å². The highest BCUT2D eigenvalue weighted by molar-refractivity contribution is 6.09. The molecule has 48 heavy (non-hydrogen) atoms. The van der Waals surface area contributed by atoms with Gasteiger partial charge in [0.05, 0.1) is 11.0 Å². The summed E-state index contributed by atoms with van der Waals surface area (Å²) in [5, 5.41) is 5.05. The lowest BCUT2D eigenvalue weighted by atomic mass is 9.98. The van der Waals surface area contributed by atoms with Gasteiger partial charge in [0.25, 0.3) is 0 Å². The first-order chi connectivity index (χ1) is 23.8. The molecule has 0 N–H and O–H groups in total. The zero-order chi connectivity index (χ0) is 31.9. The Kier molecular flexibility index (Phi) is 6.84. The molecule has 0 saturated carbocycles. The van der Waals surface area contributed by atoms with Crippen LogP contribution in [0.25, 0.3) is 60.5 Å². The summed E-state index contributed by atoms with van der Waals surface area (Å²) in [5.74, 6) is 0. The maximum Gasteiger partial charge on any atom is 0.0541 e. The quantitative estimate of drug-likeness (QED) is 0.181. The molecule has 0 aliphatic carbocycles. The van der Waals surface area contributed by atoms with Gasteiger partial charge in [-0.25, -0.2) is 0 Å². The number of para-hydroxylation sites is 2. The van der Waals surface area contributed by atoms with E-state index in [1.54, 1.807) is 0 Å². The standard InChI is InChI=1S/C46H32N2/c1-2-12-33(13-3-1)36-16-10-17-40(32-36)47(37-26-24-35(25-27-37)42-21-11-15-34-14-4-5-18-41(34)42)38-28-30-39(31-29-38)48-45-22-8-6-19-43(45)44-20-7-9-23-46(44)48/h1-32H. The SMILES string of the molecule is c1ccc(-c2cccc(N(c3ccc(-c4cccc5ccccc45)cc3)c3ccc(-n4c5ccccc5c5ccccc54)cc3)c2)cc1. The zero-order valence-electron chi connectivity index (χ0n) is 26.4. The Morgan fingerprint density at radius 2 is 0.875 bits per heavy atom. The molecule has 9 aromatic rings. The topological polar surface area (TPSA) is 8.17 Å². The molecule has 226 valence electrons. The second-order valence-electron chi connectivity index (χ2n) is 12.2. The maximum atomic E-state index is 2.37. The molecule has 0 spiro atoms. The van der Waals surface area contributed by atoms with Gasteiger partial charge < -0.3 is 9.47 Å². The number of anilines is 3. The summed E-state index contributed by atoms with van der Waals surface area (Å²) in [6, 6.07) is 69.8. The van der Waals surface area contributed by atoms with E-state index < -0.39 is 0 Å². The summed E-state index contributed by atoms with van der Waals surface area (Å²) in [6.07, 6.45) is 0. The van der Waals surface area contributed by atoms with E-state index in [1.165, 1.54) is 54.8 Å². The highest BCUT2D eigenvalue weighted by atomic mass is 15.1. The molecule has 1 heterocycles. The van der Waals surface area contributed by atoms with Crippen molar-refractivity contribution in [3.63, 3.8) is 0 Å². The van der Waals surface area contributed by atoms with Crippen LogP contribution in [0.1, 0.15) is 0 Å². The van der Waals surface area contributed by atoms with Crippen molar-refractivity contribution in [1.82, 2.24) is 4.57 Å². The summed E-state index contributed by atoms with van der Waals surface area (Å²) < 4.78 is 2.37. The Balaban J connectivity index is 1.16. The number of benzene rings is 8. The smallest absolute Gasteiger partial charge is 0.0541 e. The molecular formula is C46H32N2. The van der Waals surface area contributed by atoms with Crippen molar-refractivity contribution in [2.24, 2.45) is 0 Å². The number of rotatable bonds is 6. The Hall–Kier alpha value is -6.38. The Bertz CT molecular complexity index is 2480. The molecule has 0 bridgehead atoms. The molecule has 1 aromatic heterocycles. The van der Waals surface area contributed by atoms with Crippen LogP contribution >= 0.6 is 0 Å². The molecule has 0 amide bonds. The molecule has 0 fully saturated rings. The first-order valence-electron chi connectivity index (χ1n) is 16.4. The minimum atomic E-state index is 1.10. The predicted octanol–water partition coefficient (Wildman–Crippen LogP) is 12.7. The van der Waals surface area contributed by atoms with Crippen molar-refractivity contribution in [2.75, 3.05) is 4.90 Å². The second kappa shape index (κ2) is 11.8. The van der Waals surface area contributed by atoms with Crippen molar-refractivity contribution in [3.05, 3.63) is 194 Å². The van der Waals surface area contributed by atoms with Crippen molar-refractivity contribution in [2.45, 2.75) is 0 Å². The first-order valence-corrected chi connectivity index (χ1v) is 16.4. The monoisotopic (exact) mass is 612 g/mol. The Morgan fingerprint density at radius 1 is 0.333 bits per heavy atom. The highest BCUT2D eigenvalue weighted by Crippen LogP contribution is 2.39. The van der Waals surface area contributed by atoms with Gasteiger partial charge in [0.2, 0.25) is 0 Å². The predicted molar refractivity (Wildman–Crippen MR) is 204 cm³/mol. The largest absolute Gasteiger partial charge is 0.310 e. The van der Waals surface area contributed by atoms with Crippen LogP contribution in [0, 0.1) is 0 Å². The van der Waals surface area contributed by atoms with Crippen molar-refractivity contribution in [3.8, 4) is 27.9 Å². The van der Waals surface area contributed by atoms with Crippen LogP contribution in [0.4, 0.5) is 17.1 Å². The normalized spacial score (nSPS) is 11.3. The molecule has 8 aromatic carbocycles. The third-order valence-corrected chi connectivity index (χ3v) is 9.38. The van der Waals surface area contributed by atoms with Crippen LogP contribution in [0.5, 0.6) is 0 Å². The lowest BCUT2D eigenvalue weighted by molar-refractivity contribution is 1.17. The molecule has 9 rings (SSSR count). The molecule has 0 atom stereocenters. The lowest BCUT2D eigenvalue weighted by Gasteiger charge is -2.26. The van der Waals surface area contributed by atoms with Crippen LogP contribution in [-0.2, 0) is 0 Å². The molecule has 0 aliphatic heterocycles. The van der Waals surface area contributed by atoms with Crippen LogP contribution < -0.4 is 4.90 Å². The maximum absolute atomic E-state index is 2.37. The van der Waals surface area contributed by atoms with Crippen molar-refractivity contribution in [1.29, 1.82) is 0 Å². The average molecular weight is 613 g/mol. The van der Waals surface area contributed by atoms with Crippen LogP contribution in [0.15, 0.2) is 194 Å². The summed E-state index contributed by atoms with van der Waals surface area (Å²) in [4.78, 5) is 2.36. The first kappa shape index (κ1) is 27.9. The Morgan fingerprint density at radius 3 is 1.58 bits per heavy atom. The van der Waals surface area contributed by atoms with Gasteiger partial charge in [0, 0.05) is 33.5 Å². The van der Waals surface area contributed by atoms with Gasteiger partial charge in [0.1, 0.15) is 0 Å². The molecular weight excluding hydrogens is 581 g/mol. The van der Waals surface area contributed by atoms with E-state index in [9.17, 15) is 0 Å². The van der Waals surface area contributed by atoms with Gasteiger partial charge in [-0.15, -0.1) is 0 Å². The van der Waals surface area contributed by atoms with Gasteiger partial charge in [-0.2, -0.15) is 0 Å². The molecule has 0 saturated heterocycles. The van der Waals surface area contributed by atoms with Gasteiger partial charge in [-0.05, 0) is 93.7 Å². The lowest BCUT2D eigenvalue weighted by Crippen LogP contribution is -2.10. The number of hydrogen-bond acceptors (Lipinski definition) is 1. The van der Waals surface area contributed by atoms with Crippen molar-refractivity contribution < 1.29 is 0 Å². The van der Waals surface area contributed by atoms with E-state index >= 15 is 0 Å². The van der Waals surface area contributed by atoms with E-state index in [2.05, 4.69) is 204 Å². The van der Waals surface area contributed by atoms with E-state index in [4.69, 9.17) is 0 Å².